The summed E-state index contributed by atoms with van der Waals surface area (Å²) < 4.78 is 4.78. The normalized spacial score (nSPS) is 15.6. The number of hydrogen-bond acceptors (Lipinski definition) is 3. The molecule has 0 radical (unpaired) electrons. The molecule has 3 nitrogen and oxygen atoms in total. The van der Waals surface area contributed by atoms with Gasteiger partial charge in [0.25, 0.3) is 0 Å². The van der Waals surface area contributed by atoms with Gasteiger partial charge in [-0.3, -0.25) is 4.79 Å². The molecule has 1 saturated heterocycles. The first-order valence-corrected chi connectivity index (χ1v) is 6.10. The van der Waals surface area contributed by atoms with Crippen LogP contribution >= 0.6 is 0 Å². The molecule has 1 heterocycles. The second-order valence-corrected chi connectivity index (χ2v) is 4.27. The second-order valence-electron chi connectivity index (χ2n) is 4.27. The van der Waals surface area contributed by atoms with E-state index in [0.717, 1.165) is 0 Å². The van der Waals surface area contributed by atoms with Gasteiger partial charge in [-0.15, -0.1) is 0 Å². The first kappa shape index (κ1) is 13.7. The Morgan fingerprint density at radius 2 is 1.71 bits per heavy atom. The fourth-order valence-corrected chi connectivity index (χ4v) is 1.71. The minimum absolute atomic E-state index is 0.286. The lowest BCUT2D eigenvalue weighted by Gasteiger charge is -2.20. The topological polar surface area (TPSA) is 29.5 Å². The molecule has 1 aromatic carbocycles. The number of carbonyl (C=O) groups excluding carboxylic acids is 1. The highest BCUT2D eigenvalue weighted by atomic mass is 16.5. The maximum Gasteiger partial charge on any atom is 0.308 e. The van der Waals surface area contributed by atoms with E-state index < -0.39 is 0 Å². The van der Waals surface area contributed by atoms with Gasteiger partial charge in [-0.1, -0.05) is 24.6 Å². The summed E-state index contributed by atoms with van der Waals surface area (Å²) in [4.78, 5) is 12.8. The van der Waals surface area contributed by atoms with E-state index in [4.69, 9.17) is 4.74 Å². The van der Waals surface area contributed by atoms with Crippen molar-refractivity contribution in [1.82, 2.24) is 4.90 Å². The SMILES string of the molecule is CC(=O)Oc1ccccc1.CN1CCCCC1. The summed E-state index contributed by atoms with van der Waals surface area (Å²) in [6.45, 7) is 4.02. The number of ether oxygens (including phenoxy) is 1. The molecule has 0 aromatic heterocycles. The Kier molecular flexibility index (Phi) is 6.33. The van der Waals surface area contributed by atoms with E-state index >= 15 is 0 Å². The number of para-hydroxylation sites is 1. The largest absolute Gasteiger partial charge is 0.427 e. The minimum atomic E-state index is -0.286. The summed E-state index contributed by atoms with van der Waals surface area (Å²) >= 11 is 0. The van der Waals surface area contributed by atoms with Crippen molar-refractivity contribution < 1.29 is 9.53 Å². The summed E-state index contributed by atoms with van der Waals surface area (Å²) in [6.07, 6.45) is 4.28. The van der Waals surface area contributed by atoms with Gasteiger partial charge in [0.05, 0.1) is 0 Å². The van der Waals surface area contributed by atoms with Crippen molar-refractivity contribution in [2.45, 2.75) is 26.2 Å². The number of benzene rings is 1. The first-order chi connectivity index (χ1) is 8.18. The van der Waals surface area contributed by atoms with Crippen LogP contribution < -0.4 is 4.74 Å². The van der Waals surface area contributed by atoms with Gasteiger partial charge >= 0.3 is 5.97 Å². The number of piperidine rings is 1. The number of hydrogen-bond donors (Lipinski definition) is 0. The molecular weight excluding hydrogens is 214 g/mol. The molecule has 94 valence electrons. The molecule has 0 bridgehead atoms. The summed E-state index contributed by atoms with van der Waals surface area (Å²) in [5, 5.41) is 0. The van der Waals surface area contributed by atoms with E-state index in [-0.39, 0.29) is 5.97 Å². The Morgan fingerprint density at radius 1 is 1.12 bits per heavy atom. The molecule has 0 aliphatic carbocycles. The van der Waals surface area contributed by atoms with Crippen LogP contribution in [0.1, 0.15) is 26.2 Å². The molecule has 1 aliphatic heterocycles. The van der Waals surface area contributed by atoms with Gasteiger partial charge < -0.3 is 9.64 Å². The minimum Gasteiger partial charge on any atom is -0.427 e. The number of likely N-dealkylation sites (tertiary alicyclic amines) is 1. The Balaban J connectivity index is 0.000000181. The number of nitrogens with zero attached hydrogens (tertiary/aromatic N) is 1. The summed E-state index contributed by atoms with van der Waals surface area (Å²) in [5.41, 5.74) is 0. The van der Waals surface area contributed by atoms with Gasteiger partial charge in [-0.2, -0.15) is 0 Å². The number of carbonyl (C=O) groups is 1. The fourth-order valence-electron chi connectivity index (χ4n) is 1.71. The van der Waals surface area contributed by atoms with Gasteiger partial charge in [-0.25, -0.2) is 0 Å². The zero-order valence-electron chi connectivity index (χ0n) is 10.7. The first-order valence-electron chi connectivity index (χ1n) is 6.10. The van der Waals surface area contributed by atoms with Gasteiger partial charge in [-0.05, 0) is 45.1 Å². The Bertz CT molecular complexity index is 318. The average Bonchev–Trinajstić information content (AvgIpc) is 2.31. The summed E-state index contributed by atoms with van der Waals surface area (Å²) in [6, 6.07) is 8.98. The van der Waals surface area contributed by atoms with Crippen molar-refractivity contribution in [1.29, 1.82) is 0 Å². The summed E-state index contributed by atoms with van der Waals surface area (Å²) in [5.74, 6) is 0.307. The Morgan fingerprint density at radius 3 is 2.12 bits per heavy atom. The van der Waals surface area contributed by atoms with Crippen LogP contribution in [-0.4, -0.2) is 31.0 Å². The van der Waals surface area contributed by atoms with Gasteiger partial charge in [0.1, 0.15) is 5.75 Å². The van der Waals surface area contributed by atoms with Crippen LogP contribution in [0.2, 0.25) is 0 Å². The molecule has 1 aliphatic rings. The maximum atomic E-state index is 10.4. The van der Waals surface area contributed by atoms with Gasteiger partial charge in [0.15, 0.2) is 0 Å². The molecular formula is C14H21NO2. The third kappa shape index (κ3) is 6.74. The summed E-state index contributed by atoms with van der Waals surface area (Å²) in [7, 11) is 2.19. The highest BCUT2D eigenvalue weighted by Gasteiger charge is 2.02. The van der Waals surface area contributed by atoms with Gasteiger partial charge in [0.2, 0.25) is 0 Å². The van der Waals surface area contributed by atoms with Crippen molar-refractivity contribution in [3.8, 4) is 5.75 Å². The molecule has 2 rings (SSSR count). The molecule has 17 heavy (non-hydrogen) atoms. The van der Waals surface area contributed by atoms with Crippen LogP contribution in [0.15, 0.2) is 30.3 Å². The molecule has 0 unspecified atom stereocenters. The number of rotatable bonds is 1. The fraction of sp³-hybridized carbons (Fsp3) is 0.500. The zero-order valence-corrected chi connectivity index (χ0v) is 10.7. The Hall–Kier alpha value is -1.35. The lowest BCUT2D eigenvalue weighted by atomic mass is 10.1. The second kappa shape index (κ2) is 7.85. The van der Waals surface area contributed by atoms with Gasteiger partial charge in [0, 0.05) is 6.92 Å². The van der Waals surface area contributed by atoms with E-state index in [1.807, 2.05) is 18.2 Å². The van der Waals surface area contributed by atoms with E-state index in [0.29, 0.717) is 5.75 Å². The highest BCUT2D eigenvalue weighted by Crippen LogP contribution is 2.07. The highest BCUT2D eigenvalue weighted by molar-refractivity contribution is 5.69. The standard InChI is InChI=1S/C8H8O2.C6H13N/c1-7(9)10-8-5-3-2-4-6-8;1-7-5-3-2-4-6-7/h2-6H,1H3;2-6H2,1H3. The van der Waals surface area contributed by atoms with Crippen molar-refractivity contribution in [3.63, 3.8) is 0 Å². The van der Waals surface area contributed by atoms with Crippen LogP contribution in [0.3, 0.4) is 0 Å². The van der Waals surface area contributed by atoms with Crippen molar-refractivity contribution in [3.05, 3.63) is 30.3 Å². The van der Waals surface area contributed by atoms with Crippen molar-refractivity contribution in [2.24, 2.45) is 0 Å². The van der Waals surface area contributed by atoms with Crippen LogP contribution in [0.25, 0.3) is 0 Å². The molecule has 0 N–H and O–H groups in total. The van der Waals surface area contributed by atoms with Crippen molar-refractivity contribution >= 4 is 5.97 Å². The molecule has 1 fully saturated rings. The molecule has 1 aromatic rings. The molecule has 0 spiro atoms. The van der Waals surface area contributed by atoms with Crippen LogP contribution in [0.5, 0.6) is 5.75 Å². The quantitative estimate of drug-likeness (QED) is 0.553. The zero-order chi connectivity index (χ0) is 12.5. The maximum absolute atomic E-state index is 10.4. The van der Waals surface area contributed by atoms with Crippen molar-refractivity contribution in [2.75, 3.05) is 20.1 Å². The third-order valence-electron chi connectivity index (χ3n) is 2.58. The molecule has 0 saturated carbocycles. The lowest BCUT2D eigenvalue weighted by Crippen LogP contribution is -2.24. The van der Waals surface area contributed by atoms with E-state index in [9.17, 15) is 4.79 Å². The van der Waals surface area contributed by atoms with E-state index in [1.54, 1.807) is 12.1 Å². The molecule has 0 amide bonds. The third-order valence-corrected chi connectivity index (χ3v) is 2.58. The molecule has 3 heteroatoms. The lowest BCUT2D eigenvalue weighted by molar-refractivity contribution is -0.131. The average molecular weight is 235 g/mol. The predicted octanol–water partition coefficient (Wildman–Crippen LogP) is 2.71. The smallest absolute Gasteiger partial charge is 0.308 e. The molecule has 0 atom stereocenters. The Labute approximate surface area is 103 Å². The van der Waals surface area contributed by atoms with Crippen LogP contribution in [0, 0.1) is 0 Å². The predicted molar refractivity (Wildman–Crippen MR) is 69.1 cm³/mol. The van der Waals surface area contributed by atoms with E-state index in [2.05, 4.69) is 11.9 Å². The van der Waals surface area contributed by atoms with Crippen LogP contribution in [0.4, 0.5) is 0 Å². The monoisotopic (exact) mass is 235 g/mol. The van der Waals surface area contributed by atoms with Crippen LogP contribution in [-0.2, 0) is 4.79 Å². The van der Waals surface area contributed by atoms with E-state index in [1.165, 1.54) is 39.3 Å². The number of esters is 1.